The van der Waals surface area contributed by atoms with Crippen LogP contribution in [0.1, 0.15) is 23.8 Å². The molecule has 0 spiro atoms. The molecule has 0 fully saturated rings. The van der Waals surface area contributed by atoms with Crippen LogP contribution in [0.15, 0.2) is 48.5 Å². The van der Waals surface area contributed by atoms with Gasteiger partial charge in [-0.15, -0.1) is 0 Å². The van der Waals surface area contributed by atoms with E-state index in [1.807, 2.05) is 30.3 Å². The maximum absolute atomic E-state index is 12.4. The topological polar surface area (TPSA) is 112 Å². The molecular formula is C17H20BN3O4. The second-order valence-electron chi connectivity index (χ2n) is 5.43. The summed E-state index contributed by atoms with van der Waals surface area (Å²) in [5.41, 5.74) is 1.75. The number of amides is 2. The zero-order valence-corrected chi connectivity index (χ0v) is 13.8. The molecule has 2 amide bonds. The van der Waals surface area contributed by atoms with Gasteiger partial charge in [0, 0.05) is 5.56 Å². The molecule has 4 N–H and O–H groups in total. The fourth-order valence-corrected chi connectivity index (χ4v) is 2.23. The first-order valence-electron chi connectivity index (χ1n) is 7.98. The molecule has 0 aliphatic carbocycles. The third kappa shape index (κ3) is 5.41. The van der Waals surface area contributed by atoms with Gasteiger partial charge in [0.2, 0.25) is 5.91 Å². The SMILES string of the molecule is CCC(NC(=O)c1cccc(-c2ccccc2)n1)C(=O)NCB(O)O. The second-order valence-corrected chi connectivity index (χ2v) is 5.43. The minimum atomic E-state index is -1.64. The molecule has 0 bridgehead atoms. The molecule has 7 nitrogen and oxygen atoms in total. The van der Waals surface area contributed by atoms with E-state index < -0.39 is 25.0 Å². The van der Waals surface area contributed by atoms with E-state index in [2.05, 4.69) is 15.6 Å². The van der Waals surface area contributed by atoms with Crippen LogP contribution in [0.25, 0.3) is 11.3 Å². The van der Waals surface area contributed by atoms with Gasteiger partial charge in [-0.25, -0.2) is 4.98 Å². The predicted octanol–water partition coefficient (Wildman–Crippen LogP) is 0.385. The average Bonchev–Trinajstić information content (AvgIpc) is 2.64. The molecule has 0 radical (unpaired) electrons. The van der Waals surface area contributed by atoms with Crippen molar-refractivity contribution in [3.8, 4) is 11.3 Å². The molecule has 8 heteroatoms. The highest BCUT2D eigenvalue weighted by Gasteiger charge is 2.21. The molecule has 1 atom stereocenters. The Labute approximate surface area is 146 Å². The molecule has 2 aromatic rings. The minimum Gasteiger partial charge on any atom is -0.426 e. The summed E-state index contributed by atoms with van der Waals surface area (Å²) in [6.07, 6.45) is 0.0599. The van der Waals surface area contributed by atoms with Crippen LogP contribution < -0.4 is 10.6 Å². The predicted molar refractivity (Wildman–Crippen MR) is 94.4 cm³/mol. The highest BCUT2D eigenvalue weighted by Crippen LogP contribution is 2.16. The lowest BCUT2D eigenvalue weighted by atomic mass is 9.92. The Hall–Kier alpha value is -2.71. The highest BCUT2D eigenvalue weighted by molar-refractivity contribution is 6.41. The van der Waals surface area contributed by atoms with Gasteiger partial charge in [0.1, 0.15) is 11.7 Å². The van der Waals surface area contributed by atoms with Crippen LogP contribution in [0.5, 0.6) is 0 Å². The van der Waals surface area contributed by atoms with Crippen molar-refractivity contribution in [2.24, 2.45) is 0 Å². The number of pyridine rings is 1. The van der Waals surface area contributed by atoms with Crippen LogP contribution in [0.3, 0.4) is 0 Å². The Morgan fingerprint density at radius 3 is 2.48 bits per heavy atom. The molecule has 25 heavy (non-hydrogen) atoms. The number of benzene rings is 1. The highest BCUT2D eigenvalue weighted by atomic mass is 16.4. The monoisotopic (exact) mass is 341 g/mol. The summed E-state index contributed by atoms with van der Waals surface area (Å²) in [6, 6.07) is 13.8. The molecule has 130 valence electrons. The smallest absolute Gasteiger partial charge is 0.426 e. The molecule has 0 saturated heterocycles. The lowest BCUT2D eigenvalue weighted by Crippen LogP contribution is -2.48. The average molecular weight is 341 g/mol. The van der Waals surface area contributed by atoms with E-state index in [4.69, 9.17) is 10.0 Å². The summed E-state index contributed by atoms with van der Waals surface area (Å²) in [4.78, 5) is 28.7. The van der Waals surface area contributed by atoms with E-state index >= 15 is 0 Å². The summed E-state index contributed by atoms with van der Waals surface area (Å²) in [6.45, 7) is 1.74. The molecule has 1 aromatic carbocycles. The van der Waals surface area contributed by atoms with E-state index in [0.29, 0.717) is 12.1 Å². The first-order valence-corrected chi connectivity index (χ1v) is 7.98. The van der Waals surface area contributed by atoms with Gasteiger partial charge < -0.3 is 20.7 Å². The molecule has 1 heterocycles. The standard InChI is InChI=1S/C17H20BN3O4/c1-2-13(16(22)19-11-18(24)25)21-17(23)15-10-6-9-14(20-15)12-7-4-3-5-8-12/h3-10,13,24-25H,2,11H2,1H3,(H,19,22)(H,21,23). The third-order valence-corrected chi connectivity index (χ3v) is 3.54. The zero-order chi connectivity index (χ0) is 18.2. The van der Waals surface area contributed by atoms with Crippen molar-refractivity contribution in [1.29, 1.82) is 0 Å². The van der Waals surface area contributed by atoms with Gasteiger partial charge in [-0.05, 0) is 18.6 Å². The van der Waals surface area contributed by atoms with E-state index in [1.54, 1.807) is 25.1 Å². The van der Waals surface area contributed by atoms with Gasteiger partial charge in [0.25, 0.3) is 5.91 Å². The van der Waals surface area contributed by atoms with Crippen LogP contribution in [-0.4, -0.2) is 46.5 Å². The summed E-state index contributed by atoms with van der Waals surface area (Å²) in [5, 5.41) is 22.6. The van der Waals surface area contributed by atoms with Crippen LogP contribution in [0, 0.1) is 0 Å². The van der Waals surface area contributed by atoms with Crippen molar-refractivity contribution in [1.82, 2.24) is 15.6 Å². The van der Waals surface area contributed by atoms with E-state index in [0.717, 1.165) is 5.56 Å². The number of aromatic nitrogens is 1. The van der Waals surface area contributed by atoms with E-state index in [1.165, 1.54) is 0 Å². The fraction of sp³-hybridized carbons (Fsp3) is 0.235. The van der Waals surface area contributed by atoms with Crippen LogP contribution in [0.4, 0.5) is 0 Å². The second kappa shape index (κ2) is 8.96. The van der Waals surface area contributed by atoms with Crippen LogP contribution in [0.2, 0.25) is 0 Å². The van der Waals surface area contributed by atoms with E-state index in [-0.39, 0.29) is 12.1 Å². The van der Waals surface area contributed by atoms with Crippen molar-refractivity contribution in [2.45, 2.75) is 19.4 Å². The largest absolute Gasteiger partial charge is 0.472 e. The molecule has 0 aliphatic rings. The minimum absolute atomic E-state index is 0.204. The summed E-state index contributed by atoms with van der Waals surface area (Å²) in [7, 11) is -1.64. The van der Waals surface area contributed by atoms with E-state index in [9.17, 15) is 9.59 Å². The summed E-state index contributed by atoms with van der Waals surface area (Å²) in [5.74, 6) is -0.951. The van der Waals surface area contributed by atoms with Gasteiger partial charge >= 0.3 is 7.12 Å². The van der Waals surface area contributed by atoms with Crippen LogP contribution >= 0.6 is 0 Å². The molecule has 0 saturated carbocycles. The summed E-state index contributed by atoms with van der Waals surface area (Å²) < 4.78 is 0. The molecule has 2 rings (SSSR count). The Kier molecular flexibility index (Phi) is 6.67. The first kappa shape index (κ1) is 18.6. The van der Waals surface area contributed by atoms with Crippen molar-refractivity contribution in [2.75, 3.05) is 6.44 Å². The Morgan fingerprint density at radius 1 is 1.12 bits per heavy atom. The molecule has 0 aliphatic heterocycles. The zero-order valence-electron chi connectivity index (χ0n) is 13.8. The number of hydrogen-bond donors (Lipinski definition) is 4. The molecular weight excluding hydrogens is 321 g/mol. The van der Waals surface area contributed by atoms with Crippen molar-refractivity contribution < 1.29 is 19.6 Å². The maximum Gasteiger partial charge on any atom is 0.472 e. The van der Waals surface area contributed by atoms with Crippen molar-refractivity contribution in [3.63, 3.8) is 0 Å². The lowest BCUT2D eigenvalue weighted by Gasteiger charge is -2.16. The number of carbonyl (C=O) groups is 2. The molecule has 1 unspecified atom stereocenters. The van der Waals surface area contributed by atoms with Gasteiger partial charge in [-0.2, -0.15) is 0 Å². The van der Waals surface area contributed by atoms with Crippen molar-refractivity contribution >= 4 is 18.9 Å². The van der Waals surface area contributed by atoms with Gasteiger partial charge in [-0.1, -0.05) is 43.3 Å². The van der Waals surface area contributed by atoms with Gasteiger partial charge in [0.15, 0.2) is 0 Å². The maximum atomic E-state index is 12.4. The number of rotatable bonds is 7. The number of hydrogen-bond acceptors (Lipinski definition) is 5. The van der Waals surface area contributed by atoms with Gasteiger partial charge in [0.05, 0.1) is 12.1 Å². The third-order valence-electron chi connectivity index (χ3n) is 3.54. The quantitative estimate of drug-likeness (QED) is 0.544. The normalized spacial score (nSPS) is 11.5. The lowest BCUT2D eigenvalue weighted by molar-refractivity contribution is -0.122. The van der Waals surface area contributed by atoms with Crippen LogP contribution in [-0.2, 0) is 4.79 Å². The van der Waals surface area contributed by atoms with Gasteiger partial charge in [-0.3, -0.25) is 9.59 Å². The summed E-state index contributed by atoms with van der Waals surface area (Å²) >= 11 is 0. The Balaban J connectivity index is 2.08. The number of nitrogens with one attached hydrogen (secondary N) is 2. The molecule has 1 aromatic heterocycles. The Bertz CT molecular complexity index is 725. The fourth-order valence-electron chi connectivity index (χ4n) is 2.23. The number of nitrogens with zero attached hydrogens (tertiary/aromatic N) is 1. The first-order chi connectivity index (χ1) is 12.0. The van der Waals surface area contributed by atoms with Crippen molar-refractivity contribution in [3.05, 3.63) is 54.2 Å². The number of carbonyl (C=O) groups excluding carboxylic acids is 2. The Morgan fingerprint density at radius 2 is 1.84 bits per heavy atom.